The van der Waals surface area contributed by atoms with Gasteiger partial charge in [0.15, 0.2) is 22.9 Å². The van der Waals surface area contributed by atoms with E-state index in [0.29, 0.717) is 12.0 Å². The molecule has 0 aromatic rings. The first-order valence-corrected chi connectivity index (χ1v) is 6.50. The van der Waals surface area contributed by atoms with E-state index in [0.717, 1.165) is 0 Å². The van der Waals surface area contributed by atoms with Crippen LogP contribution in [0.4, 0.5) is 10.3 Å². The Balaban J connectivity index is 2.75. The van der Waals surface area contributed by atoms with E-state index in [1.165, 1.54) is 6.07 Å². The van der Waals surface area contributed by atoms with Gasteiger partial charge in [0.2, 0.25) is 0 Å². The number of benzene rings is 1. The lowest BCUT2D eigenvalue weighted by Gasteiger charge is -2.10. The molecular formula is C16H16FNO2. The largest absolute Gasteiger partial charge is 0.437 e. The lowest BCUT2D eigenvalue weighted by Crippen LogP contribution is -2.10. The van der Waals surface area contributed by atoms with Crippen molar-refractivity contribution >= 4 is 5.88 Å². The Morgan fingerprint density at radius 1 is 1.40 bits per heavy atom. The quantitative estimate of drug-likeness (QED) is 0.812. The summed E-state index contributed by atoms with van der Waals surface area (Å²) in [5.41, 5.74) is 6.34. The highest BCUT2D eigenvalue weighted by Crippen LogP contribution is 2.29. The number of anilines is 1. The molecule has 2 aliphatic rings. The summed E-state index contributed by atoms with van der Waals surface area (Å²) < 4.78 is 19.6. The van der Waals surface area contributed by atoms with Crippen molar-refractivity contribution in [2.24, 2.45) is 5.92 Å². The normalized spacial score (nSPS) is 10.7. The summed E-state index contributed by atoms with van der Waals surface area (Å²) in [5, 5.41) is 0. The van der Waals surface area contributed by atoms with Crippen LogP contribution in [0.15, 0.2) is 21.3 Å². The molecule has 20 heavy (non-hydrogen) atoms. The van der Waals surface area contributed by atoms with Crippen LogP contribution >= 0.6 is 0 Å². The molecule has 104 valence electrons. The topological polar surface area (TPSA) is 56.2 Å². The average molecular weight is 273 g/mol. The predicted octanol–water partition coefficient (Wildman–Crippen LogP) is 3.04. The molecular weight excluding hydrogens is 257 g/mol. The second-order valence-electron chi connectivity index (χ2n) is 4.89. The number of fused-ring (bicyclic) bond motifs is 1. The molecule has 0 fully saturated rings. The molecule has 0 unspecified atom stereocenters. The summed E-state index contributed by atoms with van der Waals surface area (Å²) in [5.74, 6) is 4.96. The molecule has 1 heterocycles. The van der Waals surface area contributed by atoms with Crippen LogP contribution in [0, 0.1) is 23.6 Å². The van der Waals surface area contributed by atoms with E-state index >= 15 is 0 Å². The average Bonchev–Trinajstić information content (AvgIpc) is 2.40. The number of hydrogen-bond donors (Lipinski definition) is 1. The zero-order chi connectivity index (χ0) is 14.9. The van der Waals surface area contributed by atoms with Gasteiger partial charge in [-0.05, 0) is 12.5 Å². The molecule has 0 radical (unpaired) electrons. The minimum atomic E-state index is -0.637. The first kappa shape index (κ1) is 14.1. The van der Waals surface area contributed by atoms with Crippen molar-refractivity contribution < 1.29 is 8.81 Å². The fraction of sp³-hybridized carbons (Fsp3) is 0.312. The third-order valence-electron chi connectivity index (χ3n) is 2.94. The van der Waals surface area contributed by atoms with Crippen molar-refractivity contribution in [1.82, 2.24) is 0 Å². The molecule has 1 aliphatic heterocycles. The SMILES string of the molecule is CCc1cc2c(=O)cc(C#CC(C)C)c(F)c-2oc1N. The number of halogens is 1. The van der Waals surface area contributed by atoms with Gasteiger partial charge in [-0.15, -0.1) is 0 Å². The Kier molecular flexibility index (Phi) is 3.80. The highest BCUT2D eigenvalue weighted by Gasteiger charge is 2.20. The smallest absolute Gasteiger partial charge is 0.194 e. The van der Waals surface area contributed by atoms with Gasteiger partial charge in [0.25, 0.3) is 0 Å². The lowest BCUT2D eigenvalue weighted by atomic mass is 10.0. The standard InChI is InChI=1S/C16H16FNO2/c1-4-10-7-12-13(19)8-11(6-5-9(2)3)14(17)15(12)20-16(10)18/h7-9H,4,18H2,1-3H3. The van der Waals surface area contributed by atoms with E-state index in [4.69, 9.17) is 10.2 Å². The van der Waals surface area contributed by atoms with Crippen LogP contribution in [-0.4, -0.2) is 0 Å². The number of aryl methyl sites for hydroxylation is 1. The second kappa shape index (κ2) is 5.38. The van der Waals surface area contributed by atoms with Gasteiger partial charge in [0.1, 0.15) is 0 Å². The van der Waals surface area contributed by atoms with Gasteiger partial charge in [-0.2, -0.15) is 0 Å². The third-order valence-corrected chi connectivity index (χ3v) is 2.94. The Labute approximate surface area is 116 Å². The fourth-order valence-corrected chi connectivity index (χ4v) is 1.87. The second-order valence-corrected chi connectivity index (χ2v) is 4.89. The molecule has 0 saturated carbocycles. The summed E-state index contributed by atoms with van der Waals surface area (Å²) in [7, 11) is 0. The van der Waals surface area contributed by atoms with Gasteiger partial charge in [-0.3, -0.25) is 4.79 Å². The molecule has 0 bridgehead atoms. The van der Waals surface area contributed by atoms with Crippen molar-refractivity contribution in [2.45, 2.75) is 27.2 Å². The third kappa shape index (κ3) is 2.53. The molecule has 0 aromatic heterocycles. The monoisotopic (exact) mass is 273 g/mol. The van der Waals surface area contributed by atoms with Crippen LogP contribution in [0.1, 0.15) is 31.9 Å². The molecule has 0 spiro atoms. The van der Waals surface area contributed by atoms with Crippen molar-refractivity contribution in [3.05, 3.63) is 39.3 Å². The number of nitrogens with two attached hydrogens (primary N) is 1. The van der Waals surface area contributed by atoms with Crippen LogP contribution < -0.4 is 11.2 Å². The van der Waals surface area contributed by atoms with Gasteiger partial charge in [0.05, 0.1) is 11.1 Å². The van der Waals surface area contributed by atoms with Gasteiger partial charge < -0.3 is 10.2 Å². The highest BCUT2D eigenvalue weighted by atomic mass is 19.1. The first-order chi connectivity index (χ1) is 9.43. The van der Waals surface area contributed by atoms with Crippen LogP contribution in [0.25, 0.3) is 11.3 Å². The summed E-state index contributed by atoms with van der Waals surface area (Å²) in [6.45, 7) is 5.66. The van der Waals surface area contributed by atoms with E-state index in [1.807, 2.05) is 20.8 Å². The Hall–Kier alpha value is -2.28. The van der Waals surface area contributed by atoms with Gasteiger partial charge in [-0.25, -0.2) is 4.39 Å². The van der Waals surface area contributed by atoms with E-state index in [-0.39, 0.29) is 34.1 Å². The maximum absolute atomic E-state index is 14.3. The molecule has 0 amide bonds. The zero-order valence-electron chi connectivity index (χ0n) is 11.7. The van der Waals surface area contributed by atoms with Crippen molar-refractivity contribution in [3.63, 3.8) is 0 Å². The van der Waals surface area contributed by atoms with Crippen LogP contribution in [0.5, 0.6) is 0 Å². The predicted molar refractivity (Wildman–Crippen MR) is 77.1 cm³/mol. The lowest BCUT2D eigenvalue weighted by molar-refractivity contribution is 0.520. The number of rotatable bonds is 1. The van der Waals surface area contributed by atoms with E-state index in [1.54, 1.807) is 6.07 Å². The molecule has 2 N–H and O–H groups in total. The van der Waals surface area contributed by atoms with Gasteiger partial charge in [0, 0.05) is 17.5 Å². The Bertz CT molecular complexity index is 735. The van der Waals surface area contributed by atoms with Crippen LogP contribution in [-0.2, 0) is 6.42 Å². The molecule has 1 aliphatic carbocycles. The number of nitrogen functional groups attached to an aromatic ring is 1. The molecule has 0 aromatic carbocycles. The van der Waals surface area contributed by atoms with E-state index in [9.17, 15) is 9.18 Å². The van der Waals surface area contributed by atoms with Crippen LogP contribution in [0.3, 0.4) is 0 Å². The van der Waals surface area contributed by atoms with Gasteiger partial charge >= 0.3 is 0 Å². The molecule has 0 atom stereocenters. The van der Waals surface area contributed by atoms with Crippen molar-refractivity contribution in [1.29, 1.82) is 0 Å². The summed E-state index contributed by atoms with van der Waals surface area (Å²) in [6.07, 6.45) is 0.612. The maximum atomic E-state index is 14.3. The van der Waals surface area contributed by atoms with E-state index < -0.39 is 5.82 Å². The maximum Gasteiger partial charge on any atom is 0.194 e. The molecule has 4 heteroatoms. The van der Waals surface area contributed by atoms with Crippen molar-refractivity contribution in [3.8, 4) is 23.2 Å². The molecule has 2 rings (SSSR count). The van der Waals surface area contributed by atoms with Crippen LogP contribution in [0.2, 0.25) is 0 Å². The molecule has 0 saturated heterocycles. The summed E-state index contributed by atoms with van der Waals surface area (Å²) >= 11 is 0. The fourth-order valence-electron chi connectivity index (χ4n) is 1.87. The van der Waals surface area contributed by atoms with Crippen molar-refractivity contribution in [2.75, 3.05) is 5.73 Å². The minimum Gasteiger partial charge on any atom is -0.437 e. The number of hydrogen-bond acceptors (Lipinski definition) is 3. The zero-order valence-corrected chi connectivity index (χ0v) is 11.7. The summed E-state index contributed by atoms with van der Waals surface area (Å²) in [6, 6.07) is 2.79. The van der Waals surface area contributed by atoms with E-state index in [2.05, 4.69) is 11.8 Å². The summed E-state index contributed by atoms with van der Waals surface area (Å²) in [4.78, 5) is 12.0. The Morgan fingerprint density at radius 3 is 2.70 bits per heavy atom. The Morgan fingerprint density at radius 2 is 2.10 bits per heavy atom. The molecule has 3 nitrogen and oxygen atoms in total. The highest BCUT2D eigenvalue weighted by molar-refractivity contribution is 5.66. The first-order valence-electron chi connectivity index (χ1n) is 6.50. The minimum absolute atomic E-state index is 0.0450. The van der Waals surface area contributed by atoms with Gasteiger partial charge in [-0.1, -0.05) is 32.6 Å².